The summed E-state index contributed by atoms with van der Waals surface area (Å²) in [6.45, 7) is 0. The number of hydrogen-bond acceptors (Lipinski definition) is 2. The molecule has 1 heterocycles. The summed E-state index contributed by atoms with van der Waals surface area (Å²) in [5, 5.41) is 12.1. The predicted octanol–water partition coefficient (Wildman–Crippen LogP) is 3.18. The Labute approximate surface area is 89.7 Å². The summed E-state index contributed by atoms with van der Waals surface area (Å²) < 4.78 is 1.09. The Bertz CT molecular complexity index is 490. The van der Waals surface area contributed by atoms with Gasteiger partial charge in [0.15, 0.2) is 0 Å². The maximum atomic E-state index is 10.5. The van der Waals surface area contributed by atoms with Gasteiger partial charge >= 0.3 is 5.97 Å². The van der Waals surface area contributed by atoms with E-state index in [-0.39, 0.29) is 6.42 Å². The molecule has 0 atom stereocenters. The lowest BCUT2D eigenvalue weighted by Crippen LogP contribution is -1.99. The Morgan fingerprint density at radius 3 is 3.00 bits per heavy atom. The molecule has 0 saturated carbocycles. The third-order valence-corrected chi connectivity index (χ3v) is 3.35. The maximum Gasteiger partial charge on any atom is 0.307 e. The van der Waals surface area contributed by atoms with Gasteiger partial charge in [-0.2, -0.15) is 0 Å². The minimum atomic E-state index is -0.823. The Morgan fingerprint density at radius 2 is 2.29 bits per heavy atom. The standard InChI is InChI=1S/C10H7ClO2S/c11-8-5-14-9-2-1-6(3-7(8)9)4-10(12)13/h1-3,5H,4H2,(H,12,13). The van der Waals surface area contributed by atoms with Crippen LogP contribution in [-0.4, -0.2) is 11.1 Å². The van der Waals surface area contributed by atoms with Crippen molar-refractivity contribution in [1.29, 1.82) is 0 Å². The Morgan fingerprint density at radius 1 is 1.50 bits per heavy atom. The normalized spacial score (nSPS) is 10.6. The highest BCUT2D eigenvalue weighted by Crippen LogP contribution is 2.30. The summed E-state index contributed by atoms with van der Waals surface area (Å²) in [5.41, 5.74) is 0.783. The lowest BCUT2D eigenvalue weighted by atomic mass is 10.1. The number of thiophene rings is 1. The molecule has 1 aromatic heterocycles. The van der Waals surface area contributed by atoms with E-state index >= 15 is 0 Å². The van der Waals surface area contributed by atoms with Crippen molar-refractivity contribution >= 4 is 39.0 Å². The van der Waals surface area contributed by atoms with Gasteiger partial charge in [0, 0.05) is 15.5 Å². The van der Waals surface area contributed by atoms with Gasteiger partial charge in [-0.05, 0) is 17.7 Å². The van der Waals surface area contributed by atoms with Crippen molar-refractivity contribution < 1.29 is 9.90 Å². The number of aliphatic carboxylic acids is 1. The van der Waals surface area contributed by atoms with Crippen molar-refractivity contribution in [2.24, 2.45) is 0 Å². The van der Waals surface area contributed by atoms with Crippen LogP contribution in [0.15, 0.2) is 23.6 Å². The molecule has 4 heteroatoms. The molecule has 0 aliphatic rings. The Kier molecular flexibility index (Phi) is 2.44. The van der Waals surface area contributed by atoms with Gasteiger partial charge in [-0.25, -0.2) is 0 Å². The number of carboxylic acid groups (broad SMARTS) is 1. The highest BCUT2D eigenvalue weighted by molar-refractivity contribution is 7.17. The minimum absolute atomic E-state index is 0.0438. The molecule has 0 fully saturated rings. The molecule has 1 N–H and O–H groups in total. The first-order valence-electron chi connectivity index (χ1n) is 4.04. The fraction of sp³-hybridized carbons (Fsp3) is 0.100. The maximum absolute atomic E-state index is 10.5. The van der Waals surface area contributed by atoms with Crippen LogP contribution in [0.3, 0.4) is 0 Å². The van der Waals surface area contributed by atoms with Crippen LogP contribution in [0.1, 0.15) is 5.56 Å². The summed E-state index contributed by atoms with van der Waals surface area (Å²) >= 11 is 7.51. The summed E-state index contributed by atoms with van der Waals surface area (Å²) in [7, 11) is 0. The molecule has 0 spiro atoms. The molecular formula is C10H7ClO2S. The average Bonchev–Trinajstić information content (AvgIpc) is 2.47. The smallest absolute Gasteiger partial charge is 0.307 e. The van der Waals surface area contributed by atoms with Crippen LogP contribution >= 0.6 is 22.9 Å². The zero-order valence-corrected chi connectivity index (χ0v) is 8.73. The molecule has 0 unspecified atom stereocenters. The van der Waals surface area contributed by atoms with E-state index in [1.807, 2.05) is 23.6 Å². The Balaban J connectivity index is 2.49. The van der Waals surface area contributed by atoms with Crippen molar-refractivity contribution in [3.8, 4) is 0 Å². The number of rotatable bonds is 2. The number of carbonyl (C=O) groups is 1. The van der Waals surface area contributed by atoms with Gasteiger partial charge in [0.05, 0.1) is 11.4 Å². The largest absolute Gasteiger partial charge is 0.481 e. The summed E-state index contributed by atoms with van der Waals surface area (Å²) in [6.07, 6.45) is 0.0438. The zero-order chi connectivity index (χ0) is 10.1. The van der Waals surface area contributed by atoms with Gasteiger partial charge in [-0.3, -0.25) is 4.79 Å². The van der Waals surface area contributed by atoms with E-state index < -0.39 is 5.97 Å². The van der Waals surface area contributed by atoms with Crippen LogP contribution in [0.2, 0.25) is 5.02 Å². The van der Waals surface area contributed by atoms with Crippen LogP contribution in [-0.2, 0) is 11.2 Å². The quantitative estimate of drug-likeness (QED) is 0.854. The molecular weight excluding hydrogens is 220 g/mol. The van der Waals surface area contributed by atoms with Gasteiger partial charge in [-0.1, -0.05) is 17.7 Å². The van der Waals surface area contributed by atoms with E-state index in [2.05, 4.69) is 0 Å². The minimum Gasteiger partial charge on any atom is -0.481 e. The van der Waals surface area contributed by atoms with Crippen LogP contribution in [0.4, 0.5) is 0 Å². The molecule has 0 aliphatic heterocycles. The van der Waals surface area contributed by atoms with Gasteiger partial charge < -0.3 is 5.11 Å². The molecule has 72 valence electrons. The van der Waals surface area contributed by atoms with E-state index in [0.717, 1.165) is 15.6 Å². The van der Waals surface area contributed by atoms with Crippen molar-refractivity contribution in [3.05, 3.63) is 34.2 Å². The number of carboxylic acids is 1. The van der Waals surface area contributed by atoms with E-state index in [1.165, 1.54) is 0 Å². The van der Waals surface area contributed by atoms with Crippen LogP contribution < -0.4 is 0 Å². The van der Waals surface area contributed by atoms with Crippen molar-refractivity contribution in [1.82, 2.24) is 0 Å². The summed E-state index contributed by atoms with van der Waals surface area (Å²) in [5.74, 6) is -0.823. The number of hydrogen-bond donors (Lipinski definition) is 1. The van der Waals surface area contributed by atoms with Crippen LogP contribution in [0, 0.1) is 0 Å². The fourth-order valence-corrected chi connectivity index (χ4v) is 2.48. The second-order valence-corrected chi connectivity index (χ2v) is 4.30. The molecule has 2 nitrogen and oxygen atoms in total. The number of fused-ring (bicyclic) bond motifs is 1. The molecule has 0 saturated heterocycles. The third kappa shape index (κ3) is 1.74. The summed E-state index contributed by atoms with van der Waals surface area (Å²) in [6, 6.07) is 5.57. The van der Waals surface area contributed by atoms with Crippen molar-refractivity contribution in [2.45, 2.75) is 6.42 Å². The van der Waals surface area contributed by atoms with E-state index in [4.69, 9.17) is 16.7 Å². The van der Waals surface area contributed by atoms with Crippen LogP contribution in [0.25, 0.3) is 10.1 Å². The zero-order valence-electron chi connectivity index (χ0n) is 7.16. The van der Waals surface area contributed by atoms with Crippen molar-refractivity contribution in [3.63, 3.8) is 0 Å². The molecule has 0 bridgehead atoms. The van der Waals surface area contributed by atoms with Gasteiger partial charge in [-0.15, -0.1) is 11.3 Å². The topological polar surface area (TPSA) is 37.3 Å². The van der Waals surface area contributed by atoms with E-state index in [1.54, 1.807) is 11.3 Å². The second-order valence-electron chi connectivity index (χ2n) is 2.98. The second kappa shape index (κ2) is 3.59. The van der Waals surface area contributed by atoms with Gasteiger partial charge in [0.1, 0.15) is 0 Å². The first-order valence-corrected chi connectivity index (χ1v) is 5.30. The lowest BCUT2D eigenvalue weighted by molar-refractivity contribution is -0.136. The number of benzene rings is 1. The molecule has 1 aromatic carbocycles. The Hall–Kier alpha value is -1.06. The monoisotopic (exact) mass is 226 g/mol. The molecule has 0 amide bonds. The first kappa shape index (κ1) is 9.49. The van der Waals surface area contributed by atoms with Gasteiger partial charge in [0.2, 0.25) is 0 Å². The molecule has 0 radical (unpaired) electrons. The average molecular weight is 227 g/mol. The predicted molar refractivity (Wildman–Crippen MR) is 58.2 cm³/mol. The van der Waals surface area contributed by atoms with Crippen LogP contribution in [0.5, 0.6) is 0 Å². The summed E-state index contributed by atoms with van der Waals surface area (Å²) in [4.78, 5) is 10.5. The molecule has 2 rings (SSSR count). The fourth-order valence-electron chi connectivity index (χ4n) is 1.33. The highest BCUT2D eigenvalue weighted by atomic mass is 35.5. The molecule has 0 aliphatic carbocycles. The highest BCUT2D eigenvalue weighted by Gasteiger charge is 2.05. The van der Waals surface area contributed by atoms with Crippen molar-refractivity contribution in [2.75, 3.05) is 0 Å². The number of halogens is 1. The lowest BCUT2D eigenvalue weighted by Gasteiger charge is -1.97. The first-order chi connectivity index (χ1) is 6.66. The van der Waals surface area contributed by atoms with E-state index in [0.29, 0.717) is 5.02 Å². The molecule has 2 aromatic rings. The van der Waals surface area contributed by atoms with E-state index in [9.17, 15) is 4.79 Å². The third-order valence-electron chi connectivity index (χ3n) is 1.95. The SMILES string of the molecule is O=C(O)Cc1ccc2scc(Cl)c2c1. The molecule has 14 heavy (non-hydrogen) atoms. The van der Waals surface area contributed by atoms with Gasteiger partial charge in [0.25, 0.3) is 0 Å².